The molecule has 4 aromatic carbocycles. The molecule has 14 heteroatoms. The third-order valence-corrected chi connectivity index (χ3v) is 16.1. The van der Waals surface area contributed by atoms with Gasteiger partial charge in [-0.3, -0.25) is 33.6 Å². The first-order valence-electron chi connectivity index (χ1n) is 27.3. The molecule has 2 aliphatic heterocycles. The summed E-state index contributed by atoms with van der Waals surface area (Å²) in [5.41, 5.74) is 4.12. The zero-order chi connectivity index (χ0) is 51.6. The molecule has 14 nitrogen and oxygen atoms in total. The van der Waals surface area contributed by atoms with Gasteiger partial charge in [0.1, 0.15) is 0 Å². The van der Waals surface area contributed by atoms with E-state index in [4.69, 9.17) is 0 Å². The van der Waals surface area contributed by atoms with Crippen molar-refractivity contribution in [2.75, 3.05) is 39.8 Å². The number of carbonyl (C=O) groups is 7. The van der Waals surface area contributed by atoms with Crippen molar-refractivity contribution in [2.45, 2.75) is 119 Å². The first-order chi connectivity index (χ1) is 36.1. The van der Waals surface area contributed by atoms with Gasteiger partial charge in [-0.05, 0) is 73.1 Å². The fourth-order valence-corrected chi connectivity index (χ4v) is 11.4. The van der Waals surface area contributed by atoms with Crippen molar-refractivity contribution >= 4 is 41.4 Å². The Kier molecular flexibility index (Phi) is 17.2. The molecule has 0 radical (unpaired) electrons. The van der Waals surface area contributed by atoms with Gasteiger partial charge in [-0.15, -0.1) is 0 Å². The van der Waals surface area contributed by atoms with E-state index in [9.17, 15) is 33.6 Å². The van der Waals surface area contributed by atoms with E-state index in [1.807, 2.05) is 54.6 Å². The molecule has 0 unspecified atom stereocenters. The smallest absolute Gasteiger partial charge is 0.253 e. The fourth-order valence-electron chi connectivity index (χ4n) is 11.4. The molecule has 74 heavy (non-hydrogen) atoms. The van der Waals surface area contributed by atoms with Crippen LogP contribution in [0.1, 0.15) is 139 Å². The van der Waals surface area contributed by atoms with Crippen LogP contribution < -0.4 is 26.6 Å². The van der Waals surface area contributed by atoms with Gasteiger partial charge in [0, 0.05) is 93.2 Å². The molecule has 5 aliphatic rings. The summed E-state index contributed by atoms with van der Waals surface area (Å²) in [5, 5.41) is 15.3. The Labute approximate surface area is 435 Å². The molecule has 2 saturated heterocycles. The summed E-state index contributed by atoms with van der Waals surface area (Å²) in [6.45, 7) is 0.813. The summed E-state index contributed by atoms with van der Waals surface area (Å²) in [7, 11) is 1.67. The molecular formula is C60H73N7O7. The summed E-state index contributed by atoms with van der Waals surface area (Å²) < 4.78 is 0. The molecule has 0 bridgehead atoms. The van der Waals surface area contributed by atoms with E-state index in [1.165, 1.54) is 0 Å². The van der Waals surface area contributed by atoms with Gasteiger partial charge in [0.25, 0.3) is 11.8 Å². The van der Waals surface area contributed by atoms with Crippen LogP contribution in [0, 0.1) is 23.7 Å². The fraction of sp³-hybridized carbons (Fsp3) is 0.483. The number of benzene rings is 4. The van der Waals surface area contributed by atoms with Crippen LogP contribution in [-0.4, -0.2) is 109 Å². The maximum Gasteiger partial charge on any atom is 0.253 e. The number of rotatable bonds is 24. The topological polar surface area (TPSA) is 186 Å². The maximum absolute atomic E-state index is 14.2. The van der Waals surface area contributed by atoms with Crippen molar-refractivity contribution in [3.8, 4) is 0 Å². The first kappa shape index (κ1) is 52.0. The van der Waals surface area contributed by atoms with Gasteiger partial charge in [-0.25, -0.2) is 0 Å². The highest BCUT2D eigenvalue weighted by Crippen LogP contribution is 2.44. The van der Waals surface area contributed by atoms with Crippen molar-refractivity contribution in [3.05, 3.63) is 143 Å². The Hall–Kier alpha value is -6.83. The lowest BCUT2D eigenvalue weighted by Gasteiger charge is -2.18. The molecule has 7 amide bonds. The average Bonchev–Trinajstić information content (AvgIpc) is 4.40. The molecule has 0 spiro atoms. The second-order valence-electron chi connectivity index (χ2n) is 21.4. The van der Waals surface area contributed by atoms with Gasteiger partial charge in [0.2, 0.25) is 29.5 Å². The SMILES string of the molecule is CNC(=O)CCCCCCCCCCCNC(=O)[C@@H]1CN(C(=O)c2ccc(C(=O)N3C[C@@H](C(=O)N[C@H]4C[C@@H]4c4ccccc4)[C@H](C(=O)N[C@H]4C[C@@H]4c4ccccc4)C3)cc2)C[C@H]1C(=O)N[C@H]1C[C@@H]1c1ccccc1. The Morgan fingerprint density at radius 1 is 0.419 bits per heavy atom. The average molecular weight is 1000 g/mol. The molecule has 10 atom stereocenters. The number of nitrogens with zero attached hydrogens (tertiary/aromatic N) is 2. The first-order valence-corrected chi connectivity index (χ1v) is 27.3. The highest BCUT2D eigenvalue weighted by atomic mass is 16.2. The van der Waals surface area contributed by atoms with Crippen molar-refractivity contribution in [1.29, 1.82) is 0 Å². The van der Waals surface area contributed by atoms with E-state index < -0.39 is 23.7 Å². The molecular weight excluding hydrogens is 931 g/mol. The van der Waals surface area contributed by atoms with E-state index in [1.54, 1.807) is 41.1 Å². The van der Waals surface area contributed by atoms with Gasteiger partial charge in [0.05, 0.1) is 23.7 Å². The van der Waals surface area contributed by atoms with Crippen LogP contribution in [0.2, 0.25) is 0 Å². The van der Waals surface area contributed by atoms with Crippen molar-refractivity contribution < 1.29 is 33.6 Å². The number of carbonyl (C=O) groups excluding carboxylic acids is 7. The summed E-state index contributed by atoms with van der Waals surface area (Å²) in [4.78, 5) is 98.9. The molecule has 0 aromatic heterocycles. The number of hydrogen-bond donors (Lipinski definition) is 5. The number of amides is 7. The van der Waals surface area contributed by atoms with Crippen molar-refractivity contribution in [1.82, 2.24) is 36.4 Å². The van der Waals surface area contributed by atoms with Gasteiger partial charge in [0.15, 0.2) is 0 Å². The minimum Gasteiger partial charge on any atom is -0.359 e. The lowest BCUT2D eigenvalue weighted by atomic mass is 9.94. The van der Waals surface area contributed by atoms with Crippen LogP contribution in [-0.2, 0) is 24.0 Å². The molecule has 390 valence electrons. The third kappa shape index (κ3) is 13.3. The van der Waals surface area contributed by atoms with E-state index >= 15 is 0 Å². The minimum absolute atomic E-state index is 0.0358. The Morgan fingerprint density at radius 2 is 0.743 bits per heavy atom. The predicted molar refractivity (Wildman–Crippen MR) is 283 cm³/mol. The van der Waals surface area contributed by atoms with E-state index in [2.05, 4.69) is 63.0 Å². The third-order valence-electron chi connectivity index (χ3n) is 16.1. The van der Waals surface area contributed by atoms with Crippen molar-refractivity contribution in [3.63, 3.8) is 0 Å². The maximum atomic E-state index is 14.2. The zero-order valence-electron chi connectivity index (χ0n) is 42.7. The van der Waals surface area contributed by atoms with Crippen LogP contribution in [0.5, 0.6) is 0 Å². The van der Waals surface area contributed by atoms with Crippen LogP contribution in [0.15, 0.2) is 115 Å². The van der Waals surface area contributed by atoms with Crippen molar-refractivity contribution in [2.24, 2.45) is 23.7 Å². The number of nitrogens with one attached hydrogen (secondary N) is 5. The normalized spacial score (nSPS) is 25.4. The quantitative estimate of drug-likeness (QED) is 0.0476. The molecule has 4 aromatic rings. The zero-order valence-corrected chi connectivity index (χ0v) is 42.7. The number of likely N-dealkylation sites (tertiary alicyclic amines) is 2. The summed E-state index contributed by atoms with van der Waals surface area (Å²) >= 11 is 0. The Morgan fingerprint density at radius 3 is 1.09 bits per heavy atom. The molecule has 9 rings (SSSR count). The number of unbranched alkanes of at least 4 members (excludes halogenated alkanes) is 8. The molecule has 3 saturated carbocycles. The molecule has 5 N–H and O–H groups in total. The largest absolute Gasteiger partial charge is 0.359 e. The standard InChI is InChI=1S/C60H73N7O7/c1-61-54(68)26-18-7-5-3-2-4-6-8-19-31-62-55(69)47-35-66(36-48(47)56(70)63-51-32-44(51)39-20-12-9-13-21-39)59(73)42-27-29-43(30-28-42)60(74)67-37-49(57(71)64-52-33-45(52)40-22-14-10-15-23-40)50(38-67)58(72)65-53-34-46(53)41-24-16-11-17-25-41/h9-17,20-25,27-30,44-53H,2-8,18-19,26,31-38H2,1H3,(H,61,68)(H,62,69)(H,63,70)(H,64,71)(H,65,72)/t44-,45-,46-,47-,48-,49-,50-,51+,52+,53+/m1/s1. The van der Waals surface area contributed by atoms with E-state index in [0.717, 1.165) is 93.7 Å². The van der Waals surface area contributed by atoms with Gasteiger partial charge in [-0.1, -0.05) is 136 Å². The highest BCUT2D eigenvalue weighted by molar-refractivity contribution is 6.00. The molecule has 5 fully saturated rings. The van der Waals surface area contributed by atoms with Crippen LogP contribution in [0.25, 0.3) is 0 Å². The van der Waals surface area contributed by atoms with Gasteiger partial charge < -0.3 is 36.4 Å². The van der Waals surface area contributed by atoms with Crippen LogP contribution in [0.3, 0.4) is 0 Å². The monoisotopic (exact) mass is 1000 g/mol. The summed E-state index contributed by atoms with van der Waals surface area (Å²) in [6.07, 6.45) is 12.4. The molecule has 2 heterocycles. The highest BCUT2D eigenvalue weighted by Gasteiger charge is 2.50. The van der Waals surface area contributed by atoms with E-state index in [0.29, 0.717) is 24.1 Å². The molecule has 3 aliphatic carbocycles. The minimum atomic E-state index is -0.736. The van der Waals surface area contributed by atoms with Gasteiger partial charge >= 0.3 is 0 Å². The second-order valence-corrected chi connectivity index (χ2v) is 21.4. The second kappa shape index (κ2) is 24.5. The Bertz CT molecular complexity index is 2520. The van der Waals surface area contributed by atoms with Crippen LogP contribution in [0.4, 0.5) is 0 Å². The lowest BCUT2D eigenvalue weighted by Crippen LogP contribution is -2.43. The lowest BCUT2D eigenvalue weighted by molar-refractivity contribution is -0.133. The summed E-state index contributed by atoms with van der Waals surface area (Å²) in [6, 6.07) is 36.5. The van der Waals surface area contributed by atoms with Crippen LogP contribution >= 0.6 is 0 Å². The predicted octanol–water partition coefficient (Wildman–Crippen LogP) is 6.84. The Balaban J connectivity index is 0.799. The number of hydrogen-bond acceptors (Lipinski definition) is 7. The summed E-state index contributed by atoms with van der Waals surface area (Å²) in [5.74, 6) is -3.82. The van der Waals surface area contributed by atoms with E-state index in [-0.39, 0.29) is 103 Å². The van der Waals surface area contributed by atoms with Gasteiger partial charge in [-0.2, -0.15) is 0 Å².